The molecule has 1 aromatic carbocycles. The monoisotopic (exact) mass is 450 g/mol. The summed E-state index contributed by atoms with van der Waals surface area (Å²) in [6.45, 7) is 4.73. The summed E-state index contributed by atoms with van der Waals surface area (Å²) in [5.41, 5.74) is 2.56. The van der Waals surface area contributed by atoms with E-state index in [4.69, 9.17) is 0 Å². The highest BCUT2D eigenvalue weighted by Crippen LogP contribution is 2.19. The molecule has 4 rings (SSSR count). The lowest BCUT2D eigenvalue weighted by Gasteiger charge is -2.35. The molecule has 0 atom stereocenters. The molecule has 0 unspecified atom stereocenters. The summed E-state index contributed by atoms with van der Waals surface area (Å²) >= 11 is 1.33. The fourth-order valence-electron chi connectivity index (χ4n) is 3.61. The van der Waals surface area contributed by atoms with Crippen LogP contribution in [0.1, 0.15) is 18.2 Å². The highest BCUT2D eigenvalue weighted by Gasteiger charge is 2.22. The van der Waals surface area contributed by atoms with Gasteiger partial charge in [0.05, 0.1) is 12.1 Å². The van der Waals surface area contributed by atoms with Gasteiger partial charge in [-0.3, -0.25) is 10.1 Å². The molecule has 1 aliphatic rings. The third kappa shape index (κ3) is 5.42. The molecule has 3 amide bonds. The van der Waals surface area contributed by atoms with E-state index in [2.05, 4.69) is 32.4 Å². The van der Waals surface area contributed by atoms with E-state index < -0.39 is 0 Å². The molecule has 166 valence electrons. The number of benzene rings is 1. The molecule has 1 saturated heterocycles. The number of urea groups is 1. The molecule has 0 radical (unpaired) electrons. The zero-order valence-electron chi connectivity index (χ0n) is 18.0. The first-order valence-electron chi connectivity index (χ1n) is 10.7. The number of rotatable bonds is 6. The second-order valence-electron chi connectivity index (χ2n) is 7.47. The molecule has 2 aromatic heterocycles. The lowest BCUT2D eigenvalue weighted by Crippen LogP contribution is -2.50. The number of aromatic nitrogens is 2. The molecular weight excluding hydrogens is 424 g/mol. The van der Waals surface area contributed by atoms with Crippen molar-refractivity contribution in [1.29, 1.82) is 0 Å². The van der Waals surface area contributed by atoms with E-state index in [1.165, 1.54) is 11.3 Å². The summed E-state index contributed by atoms with van der Waals surface area (Å²) in [5.74, 6) is 0.802. The molecule has 9 heteroatoms. The lowest BCUT2D eigenvalue weighted by molar-refractivity contribution is -0.115. The van der Waals surface area contributed by atoms with Gasteiger partial charge in [0.2, 0.25) is 5.91 Å². The molecule has 3 aromatic rings. The molecule has 0 aliphatic carbocycles. The Morgan fingerprint density at radius 2 is 1.81 bits per heavy atom. The van der Waals surface area contributed by atoms with Crippen molar-refractivity contribution in [2.24, 2.45) is 0 Å². The van der Waals surface area contributed by atoms with Gasteiger partial charge in [-0.1, -0.05) is 31.2 Å². The summed E-state index contributed by atoms with van der Waals surface area (Å²) in [4.78, 5) is 37.8. The van der Waals surface area contributed by atoms with Crippen LogP contribution in [0.4, 0.5) is 21.4 Å². The summed E-state index contributed by atoms with van der Waals surface area (Å²) in [5, 5.41) is 8.11. The molecule has 1 aliphatic heterocycles. The number of nitrogens with one attached hydrogen (secondary N) is 2. The number of carbonyl (C=O) groups excluding carboxylic acids is 2. The summed E-state index contributed by atoms with van der Waals surface area (Å²) in [6.07, 6.45) is 2.78. The van der Waals surface area contributed by atoms with Crippen molar-refractivity contribution in [3.63, 3.8) is 0 Å². The normalized spacial score (nSPS) is 13.7. The minimum Gasteiger partial charge on any atom is -0.353 e. The van der Waals surface area contributed by atoms with E-state index >= 15 is 0 Å². The minimum absolute atomic E-state index is 0.125. The van der Waals surface area contributed by atoms with Gasteiger partial charge >= 0.3 is 6.03 Å². The third-order valence-electron chi connectivity index (χ3n) is 5.32. The smallest absolute Gasteiger partial charge is 0.323 e. The standard InChI is InChI=1S/C23H26N6O2S/c1-2-17-7-3-4-8-19(17)26-21(30)15-18-16-32-22(25-18)27-23(31)29-13-11-28(12-14-29)20-9-5-6-10-24-20/h3-10,16H,2,11-15H2,1H3,(H,26,30)(H,25,27,31). The molecular formula is C23H26N6O2S. The zero-order chi connectivity index (χ0) is 22.3. The number of anilines is 3. The Hall–Kier alpha value is -3.46. The van der Waals surface area contributed by atoms with Crippen LogP contribution in [0.3, 0.4) is 0 Å². The van der Waals surface area contributed by atoms with Crippen LogP contribution in [0, 0.1) is 0 Å². The minimum atomic E-state index is -0.173. The van der Waals surface area contributed by atoms with Crippen molar-refractivity contribution < 1.29 is 9.59 Å². The predicted octanol–water partition coefficient (Wildman–Crippen LogP) is 3.64. The number of para-hydroxylation sites is 1. The molecule has 3 heterocycles. The first-order valence-corrected chi connectivity index (χ1v) is 11.5. The van der Waals surface area contributed by atoms with Gasteiger partial charge in [-0.2, -0.15) is 0 Å². The Bertz CT molecular complexity index is 1060. The maximum atomic E-state index is 12.6. The van der Waals surface area contributed by atoms with Gasteiger partial charge in [0.15, 0.2) is 5.13 Å². The molecule has 1 fully saturated rings. The van der Waals surface area contributed by atoms with Crippen LogP contribution in [0.15, 0.2) is 54.0 Å². The Morgan fingerprint density at radius 3 is 2.56 bits per heavy atom. The fourth-order valence-corrected chi connectivity index (χ4v) is 4.30. The quantitative estimate of drug-likeness (QED) is 0.598. The predicted molar refractivity (Wildman–Crippen MR) is 127 cm³/mol. The van der Waals surface area contributed by atoms with Gasteiger partial charge < -0.3 is 15.1 Å². The Labute approximate surface area is 191 Å². The largest absolute Gasteiger partial charge is 0.353 e. The Balaban J connectivity index is 1.27. The average Bonchev–Trinajstić information content (AvgIpc) is 3.26. The third-order valence-corrected chi connectivity index (χ3v) is 6.13. The molecule has 8 nitrogen and oxygen atoms in total. The van der Waals surface area contributed by atoms with Crippen LogP contribution in [0.5, 0.6) is 0 Å². The molecule has 32 heavy (non-hydrogen) atoms. The van der Waals surface area contributed by atoms with Crippen molar-refractivity contribution >= 4 is 39.9 Å². The van der Waals surface area contributed by atoms with Crippen molar-refractivity contribution in [3.8, 4) is 0 Å². The fraction of sp³-hybridized carbons (Fsp3) is 0.304. The van der Waals surface area contributed by atoms with Gasteiger partial charge in [-0.05, 0) is 30.2 Å². The van der Waals surface area contributed by atoms with Crippen LogP contribution in [0.2, 0.25) is 0 Å². The van der Waals surface area contributed by atoms with Gasteiger partial charge in [-0.15, -0.1) is 11.3 Å². The van der Waals surface area contributed by atoms with Crippen LogP contribution < -0.4 is 15.5 Å². The lowest BCUT2D eigenvalue weighted by atomic mass is 10.1. The number of aryl methyl sites for hydroxylation is 1. The summed E-state index contributed by atoms with van der Waals surface area (Å²) in [7, 11) is 0. The van der Waals surface area contributed by atoms with Gasteiger partial charge in [-0.25, -0.2) is 14.8 Å². The SMILES string of the molecule is CCc1ccccc1NC(=O)Cc1csc(NC(=O)N2CCN(c3ccccn3)CC2)n1. The van der Waals surface area contributed by atoms with Crippen LogP contribution >= 0.6 is 11.3 Å². The number of nitrogens with zero attached hydrogens (tertiary/aromatic N) is 4. The number of hydrogen-bond acceptors (Lipinski definition) is 6. The van der Waals surface area contributed by atoms with E-state index in [1.54, 1.807) is 16.5 Å². The van der Waals surface area contributed by atoms with Gasteiger partial charge in [0, 0.05) is 43.4 Å². The van der Waals surface area contributed by atoms with Gasteiger partial charge in [0.25, 0.3) is 0 Å². The van der Waals surface area contributed by atoms with E-state index in [0.717, 1.165) is 36.6 Å². The van der Waals surface area contributed by atoms with Gasteiger partial charge in [0.1, 0.15) is 5.82 Å². The Morgan fingerprint density at radius 1 is 1.03 bits per heavy atom. The maximum Gasteiger partial charge on any atom is 0.323 e. The van der Waals surface area contributed by atoms with Crippen molar-refractivity contribution in [2.45, 2.75) is 19.8 Å². The first kappa shape index (κ1) is 21.8. The van der Waals surface area contributed by atoms with Crippen LogP contribution in [0.25, 0.3) is 0 Å². The first-order chi connectivity index (χ1) is 15.6. The second-order valence-corrected chi connectivity index (χ2v) is 8.33. The molecule has 2 N–H and O–H groups in total. The number of piperazine rings is 1. The van der Waals surface area contributed by atoms with Crippen LogP contribution in [-0.2, 0) is 17.6 Å². The summed E-state index contributed by atoms with van der Waals surface area (Å²) < 4.78 is 0. The van der Waals surface area contributed by atoms with E-state index in [-0.39, 0.29) is 18.4 Å². The molecule has 0 bridgehead atoms. The number of thiazole rings is 1. The Kier molecular flexibility index (Phi) is 6.96. The summed E-state index contributed by atoms with van der Waals surface area (Å²) in [6, 6.07) is 13.4. The number of amides is 3. The molecule has 0 saturated carbocycles. The highest BCUT2D eigenvalue weighted by molar-refractivity contribution is 7.13. The maximum absolute atomic E-state index is 12.6. The average molecular weight is 451 g/mol. The second kappa shape index (κ2) is 10.2. The topological polar surface area (TPSA) is 90.5 Å². The van der Waals surface area contributed by atoms with Crippen molar-refractivity contribution in [3.05, 3.63) is 65.3 Å². The van der Waals surface area contributed by atoms with E-state index in [1.807, 2.05) is 42.5 Å². The zero-order valence-corrected chi connectivity index (χ0v) is 18.8. The number of carbonyl (C=O) groups is 2. The van der Waals surface area contributed by atoms with Crippen molar-refractivity contribution in [2.75, 3.05) is 41.7 Å². The van der Waals surface area contributed by atoms with E-state index in [9.17, 15) is 9.59 Å². The number of pyridine rings is 1. The molecule has 0 spiro atoms. The number of hydrogen-bond donors (Lipinski definition) is 2. The van der Waals surface area contributed by atoms with E-state index in [0.29, 0.717) is 23.9 Å². The van der Waals surface area contributed by atoms with Crippen LogP contribution in [-0.4, -0.2) is 53.0 Å². The highest BCUT2D eigenvalue weighted by atomic mass is 32.1. The van der Waals surface area contributed by atoms with Crippen molar-refractivity contribution in [1.82, 2.24) is 14.9 Å².